The number of amides is 2. The number of anilines is 1. The molecule has 24 heavy (non-hydrogen) atoms. The maximum absolute atomic E-state index is 12.0. The number of primary amides is 1. The Morgan fingerprint density at radius 3 is 2.33 bits per heavy atom. The van der Waals surface area contributed by atoms with Gasteiger partial charge in [0.1, 0.15) is 0 Å². The lowest BCUT2D eigenvalue weighted by molar-refractivity contribution is -0.384. The van der Waals surface area contributed by atoms with E-state index in [1.54, 1.807) is 12.1 Å². The molecule has 0 aromatic heterocycles. The van der Waals surface area contributed by atoms with E-state index in [1.165, 1.54) is 30.3 Å². The van der Waals surface area contributed by atoms with Crippen molar-refractivity contribution in [1.29, 1.82) is 0 Å². The van der Waals surface area contributed by atoms with Crippen LogP contribution < -0.4 is 16.4 Å². The largest absolute Gasteiger partial charge is 0.366 e. The van der Waals surface area contributed by atoms with Gasteiger partial charge in [-0.1, -0.05) is 6.07 Å². The molecule has 0 aliphatic carbocycles. The minimum atomic E-state index is -0.590. The van der Waals surface area contributed by atoms with Crippen molar-refractivity contribution in [3.8, 4) is 0 Å². The molecule has 122 valence electrons. The van der Waals surface area contributed by atoms with Crippen LogP contribution in [0.25, 0.3) is 0 Å². The molecule has 2 amide bonds. The summed E-state index contributed by atoms with van der Waals surface area (Å²) in [6, 6.07) is 11.5. The van der Waals surface area contributed by atoms with E-state index in [9.17, 15) is 19.7 Å². The van der Waals surface area contributed by atoms with E-state index in [-0.39, 0.29) is 16.4 Å². The molecule has 8 nitrogen and oxygen atoms in total. The highest BCUT2D eigenvalue weighted by Crippen LogP contribution is 2.13. The van der Waals surface area contributed by atoms with Crippen molar-refractivity contribution in [2.75, 3.05) is 5.32 Å². The Morgan fingerprint density at radius 1 is 1.08 bits per heavy atom. The molecule has 2 aromatic rings. The monoisotopic (exact) mass is 344 g/mol. The zero-order chi connectivity index (χ0) is 17.7. The van der Waals surface area contributed by atoms with Gasteiger partial charge in [0.05, 0.1) is 4.92 Å². The molecular formula is C15H12N4O4S. The van der Waals surface area contributed by atoms with E-state index in [4.69, 9.17) is 18.0 Å². The standard InChI is InChI=1S/C15H12N4O4S/c16-13(20)9-4-6-11(7-5-9)17-15(24)18-14(21)10-2-1-3-12(8-10)19(22)23/h1-8H,(H2,16,20)(H2,17,18,21,24). The van der Waals surface area contributed by atoms with Gasteiger partial charge in [-0.15, -0.1) is 0 Å². The predicted molar refractivity (Wildman–Crippen MR) is 91.7 cm³/mol. The highest BCUT2D eigenvalue weighted by atomic mass is 32.1. The van der Waals surface area contributed by atoms with Crippen LogP contribution in [-0.2, 0) is 0 Å². The summed E-state index contributed by atoms with van der Waals surface area (Å²) < 4.78 is 0. The molecule has 2 aromatic carbocycles. The van der Waals surface area contributed by atoms with Crippen LogP contribution in [-0.4, -0.2) is 21.9 Å². The van der Waals surface area contributed by atoms with E-state index in [1.807, 2.05) is 0 Å². The van der Waals surface area contributed by atoms with Crippen molar-refractivity contribution < 1.29 is 14.5 Å². The van der Waals surface area contributed by atoms with Crippen LogP contribution in [0, 0.1) is 10.1 Å². The molecule has 0 radical (unpaired) electrons. The minimum absolute atomic E-state index is 0.0123. The van der Waals surface area contributed by atoms with Gasteiger partial charge in [-0.3, -0.25) is 25.0 Å². The Morgan fingerprint density at radius 2 is 1.75 bits per heavy atom. The van der Waals surface area contributed by atoms with E-state index in [2.05, 4.69) is 10.6 Å². The van der Waals surface area contributed by atoms with E-state index in [0.717, 1.165) is 6.07 Å². The Bertz CT molecular complexity index is 820. The zero-order valence-electron chi connectivity index (χ0n) is 12.2. The number of benzene rings is 2. The van der Waals surface area contributed by atoms with Crippen LogP contribution >= 0.6 is 12.2 Å². The summed E-state index contributed by atoms with van der Waals surface area (Å²) in [4.78, 5) is 33.2. The normalized spacial score (nSPS) is 9.83. The van der Waals surface area contributed by atoms with Gasteiger partial charge in [0, 0.05) is 28.9 Å². The molecule has 0 fully saturated rings. The molecule has 0 aliphatic heterocycles. The summed E-state index contributed by atoms with van der Waals surface area (Å²) >= 11 is 5.01. The number of nitro benzene ring substituents is 1. The van der Waals surface area contributed by atoms with Crippen LogP contribution in [0.4, 0.5) is 11.4 Å². The van der Waals surface area contributed by atoms with Crippen LogP contribution in [0.15, 0.2) is 48.5 Å². The number of nitrogens with two attached hydrogens (primary N) is 1. The molecule has 9 heteroatoms. The van der Waals surface area contributed by atoms with Crippen molar-refractivity contribution in [3.63, 3.8) is 0 Å². The van der Waals surface area contributed by atoms with Crippen LogP contribution in [0.5, 0.6) is 0 Å². The Labute approximate surface area is 141 Å². The molecule has 0 unspecified atom stereocenters. The van der Waals surface area contributed by atoms with Crippen molar-refractivity contribution in [1.82, 2.24) is 5.32 Å². The van der Waals surface area contributed by atoms with Crippen LogP contribution in [0.2, 0.25) is 0 Å². The van der Waals surface area contributed by atoms with E-state index >= 15 is 0 Å². The smallest absolute Gasteiger partial charge is 0.270 e. The van der Waals surface area contributed by atoms with Gasteiger partial charge in [-0.25, -0.2) is 0 Å². The third-order valence-electron chi connectivity index (χ3n) is 2.97. The van der Waals surface area contributed by atoms with E-state index < -0.39 is 16.7 Å². The predicted octanol–water partition coefficient (Wildman–Crippen LogP) is 1.82. The molecule has 0 atom stereocenters. The number of carbonyl (C=O) groups excluding carboxylic acids is 2. The minimum Gasteiger partial charge on any atom is -0.366 e. The first-order valence-electron chi connectivity index (χ1n) is 6.63. The summed E-state index contributed by atoms with van der Waals surface area (Å²) in [7, 11) is 0. The first-order chi connectivity index (χ1) is 11.4. The first kappa shape index (κ1) is 17.0. The molecule has 0 saturated heterocycles. The lowest BCUT2D eigenvalue weighted by Gasteiger charge is -2.09. The molecule has 0 aliphatic rings. The molecule has 0 bridgehead atoms. The molecular weight excluding hydrogens is 332 g/mol. The number of thiocarbonyl (C=S) groups is 1. The van der Waals surface area contributed by atoms with Crippen molar-refractivity contribution in [2.24, 2.45) is 5.73 Å². The summed E-state index contributed by atoms with van der Waals surface area (Å²) in [6.45, 7) is 0. The summed E-state index contributed by atoms with van der Waals surface area (Å²) in [6.07, 6.45) is 0. The zero-order valence-corrected chi connectivity index (χ0v) is 13.0. The number of nitrogens with one attached hydrogen (secondary N) is 2. The number of hydrogen-bond acceptors (Lipinski definition) is 5. The highest BCUT2D eigenvalue weighted by Gasteiger charge is 2.12. The second-order valence-corrected chi connectivity index (χ2v) is 5.07. The number of hydrogen-bond donors (Lipinski definition) is 3. The highest BCUT2D eigenvalue weighted by molar-refractivity contribution is 7.80. The molecule has 0 saturated carbocycles. The fourth-order valence-electron chi connectivity index (χ4n) is 1.82. The number of non-ortho nitro benzene ring substituents is 1. The van der Waals surface area contributed by atoms with Gasteiger partial charge < -0.3 is 11.1 Å². The fraction of sp³-hybridized carbons (Fsp3) is 0. The summed E-state index contributed by atoms with van der Waals surface area (Å²) in [5.74, 6) is -1.13. The average Bonchev–Trinajstić information content (AvgIpc) is 2.55. The maximum atomic E-state index is 12.0. The molecule has 0 heterocycles. The average molecular weight is 344 g/mol. The molecule has 2 rings (SSSR count). The van der Waals surface area contributed by atoms with Gasteiger partial charge in [0.15, 0.2) is 5.11 Å². The Hall–Kier alpha value is -3.33. The second kappa shape index (κ2) is 7.29. The third kappa shape index (κ3) is 4.34. The molecule has 0 spiro atoms. The number of nitrogens with zero attached hydrogens (tertiary/aromatic N) is 1. The first-order valence-corrected chi connectivity index (χ1v) is 7.04. The fourth-order valence-corrected chi connectivity index (χ4v) is 2.03. The van der Waals surface area contributed by atoms with Crippen molar-refractivity contribution in [3.05, 3.63) is 69.8 Å². The summed E-state index contributed by atoms with van der Waals surface area (Å²) in [5, 5.41) is 15.9. The summed E-state index contributed by atoms with van der Waals surface area (Å²) in [5.41, 5.74) is 5.94. The Kier molecular flexibility index (Phi) is 5.17. The van der Waals surface area contributed by atoms with E-state index in [0.29, 0.717) is 11.3 Å². The third-order valence-corrected chi connectivity index (χ3v) is 3.18. The van der Waals surface area contributed by atoms with Gasteiger partial charge >= 0.3 is 0 Å². The lowest BCUT2D eigenvalue weighted by atomic mass is 10.2. The SMILES string of the molecule is NC(=O)c1ccc(NC(=S)NC(=O)c2cccc([N+](=O)[O-])c2)cc1. The number of rotatable bonds is 4. The topological polar surface area (TPSA) is 127 Å². The van der Waals surface area contributed by atoms with Gasteiger partial charge in [-0.05, 0) is 42.5 Å². The lowest BCUT2D eigenvalue weighted by Crippen LogP contribution is -2.34. The van der Waals surface area contributed by atoms with Crippen molar-refractivity contribution >= 4 is 40.5 Å². The van der Waals surface area contributed by atoms with Gasteiger partial charge in [0.25, 0.3) is 11.6 Å². The van der Waals surface area contributed by atoms with Gasteiger partial charge in [0.2, 0.25) is 5.91 Å². The Balaban J connectivity index is 2.01. The van der Waals surface area contributed by atoms with Crippen molar-refractivity contribution in [2.45, 2.75) is 0 Å². The van der Waals surface area contributed by atoms with Gasteiger partial charge in [-0.2, -0.15) is 0 Å². The number of nitro groups is 1. The second-order valence-electron chi connectivity index (χ2n) is 4.66. The quantitative estimate of drug-likeness (QED) is 0.441. The number of carbonyl (C=O) groups is 2. The molecule has 4 N–H and O–H groups in total. The van der Waals surface area contributed by atoms with Crippen LogP contribution in [0.1, 0.15) is 20.7 Å². The maximum Gasteiger partial charge on any atom is 0.270 e. The van der Waals surface area contributed by atoms with Crippen LogP contribution in [0.3, 0.4) is 0 Å².